The molecule has 2 aromatic carbocycles. The first kappa shape index (κ1) is 26.0. The fourth-order valence-electron chi connectivity index (χ4n) is 3.10. The molecule has 174 valence electrons. The summed E-state index contributed by atoms with van der Waals surface area (Å²) >= 11 is 9.56. The van der Waals surface area contributed by atoms with Crippen molar-refractivity contribution in [3.8, 4) is 11.5 Å². The Morgan fingerprint density at radius 1 is 1.12 bits per heavy atom. The molecular formula is C24H30BrClN2O4. The van der Waals surface area contributed by atoms with Gasteiger partial charge in [-0.1, -0.05) is 53.5 Å². The zero-order valence-electron chi connectivity index (χ0n) is 18.9. The van der Waals surface area contributed by atoms with Gasteiger partial charge in [-0.2, -0.15) is 0 Å². The van der Waals surface area contributed by atoms with Crippen molar-refractivity contribution in [2.24, 2.45) is 0 Å². The number of carbonyl (C=O) groups is 2. The van der Waals surface area contributed by atoms with Gasteiger partial charge in [-0.05, 0) is 55.7 Å². The van der Waals surface area contributed by atoms with Crippen LogP contribution in [-0.4, -0.2) is 42.5 Å². The average Bonchev–Trinajstić information content (AvgIpc) is 2.78. The number of hydrogen-bond acceptors (Lipinski definition) is 4. The normalized spacial score (nSPS) is 12.6. The molecule has 8 heteroatoms. The lowest BCUT2D eigenvalue weighted by Gasteiger charge is -2.31. The average molecular weight is 526 g/mol. The summed E-state index contributed by atoms with van der Waals surface area (Å²) in [5, 5.41) is 3.39. The maximum atomic E-state index is 13.2. The Labute approximate surface area is 203 Å². The van der Waals surface area contributed by atoms with Crippen LogP contribution < -0.4 is 14.8 Å². The van der Waals surface area contributed by atoms with Crippen LogP contribution >= 0.6 is 27.5 Å². The molecule has 0 aliphatic carbocycles. The number of methoxy groups -OCH3 is 1. The summed E-state index contributed by atoms with van der Waals surface area (Å²) in [6, 6.07) is 12.0. The van der Waals surface area contributed by atoms with E-state index in [9.17, 15) is 9.59 Å². The number of rotatable bonds is 11. The Balaban J connectivity index is 2.23. The molecule has 0 aliphatic rings. The monoisotopic (exact) mass is 524 g/mol. The van der Waals surface area contributed by atoms with Crippen LogP contribution in [0.15, 0.2) is 46.9 Å². The van der Waals surface area contributed by atoms with Crippen LogP contribution in [0, 0.1) is 0 Å². The number of benzene rings is 2. The topological polar surface area (TPSA) is 67.9 Å². The molecule has 2 rings (SSSR count). The third kappa shape index (κ3) is 7.41. The molecule has 2 atom stereocenters. The molecule has 0 saturated carbocycles. The molecule has 0 unspecified atom stereocenters. The van der Waals surface area contributed by atoms with Crippen LogP contribution in [0.5, 0.6) is 11.5 Å². The molecule has 0 aliphatic heterocycles. The van der Waals surface area contributed by atoms with Crippen molar-refractivity contribution in [2.75, 3.05) is 13.7 Å². The Hall–Kier alpha value is -2.25. The fraction of sp³-hybridized carbons (Fsp3) is 0.417. The number of hydrogen-bond donors (Lipinski definition) is 1. The van der Waals surface area contributed by atoms with E-state index >= 15 is 0 Å². The van der Waals surface area contributed by atoms with Crippen molar-refractivity contribution in [1.82, 2.24) is 10.2 Å². The smallest absolute Gasteiger partial charge is 0.261 e. The van der Waals surface area contributed by atoms with Crippen LogP contribution in [0.2, 0.25) is 5.02 Å². The number of amides is 2. The molecule has 0 aromatic heterocycles. The third-order valence-electron chi connectivity index (χ3n) is 5.14. The molecule has 0 radical (unpaired) electrons. The number of carbonyl (C=O) groups excluding carboxylic acids is 2. The standard InChI is InChI=1S/C24H30BrClN2O4/c1-5-16(3)27-24(30)21(6-2)28(14-17-7-10-19(31-4)11-8-17)23(29)15-32-22-12-9-18(25)13-20(22)26/h7-13,16,21H,5-6,14-15H2,1-4H3,(H,27,30)/t16-,21+/m1/s1. The highest BCUT2D eigenvalue weighted by molar-refractivity contribution is 9.10. The van der Waals surface area contributed by atoms with Gasteiger partial charge >= 0.3 is 0 Å². The lowest BCUT2D eigenvalue weighted by Crippen LogP contribution is -2.51. The summed E-state index contributed by atoms with van der Waals surface area (Å²) in [5.41, 5.74) is 0.885. The summed E-state index contributed by atoms with van der Waals surface area (Å²) in [5.74, 6) is 0.655. The zero-order valence-corrected chi connectivity index (χ0v) is 21.2. The van der Waals surface area contributed by atoms with E-state index in [0.29, 0.717) is 17.2 Å². The predicted octanol–water partition coefficient (Wildman–Crippen LogP) is 5.21. The van der Waals surface area contributed by atoms with E-state index in [1.165, 1.54) is 0 Å². The van der Waals surface area contributed by atoms with E-state index in [4.69, 9.17) is 21.1 Å². The highest BCUT2D eigenvalue weighted by atomic mass is 79.9. The van der Waals surface area contributed by atoms with E-state index in [-0.39, 0.29) is 31.0 Å². The molecule has 1 N–H and O–H groups in total. The first-order chi connectivity index (χ1) is 15.3. The Morgan fingerprint density at radius 2 is 1.81 bits per heavy atom. The molecule has 0 fully saturated rings. The molecule has 0 spiro atoms. The van der Waals surface area contributed by atoms with Gasteiger partial charge in [-0.15, -0.1) is 0 Å². The van der Waals surface area contributed by atoms with Crippen molar-refractivity contribution in [1.29, 1.82) is 0 Å². The minimum atomic E-state index is -0.623. The molecule has 0 heterocycles. The van der Waals surface area contributed by atoms with Gasteiger partial charge in [0.05, 0.1) is 12.1 Å². The van der Waals surface area contributed by atoms with Crippen molar-refractivity contribution >= 4 is 39.3 Å². The molecule has 6 nitrogen and oxygen atoms in total. The first-order valence-electron chi connectivity index (χ1n) is 10.6. The fourth-order valence-corrected chi connectivity index (χ4v) is 3.83. The van der Waals surface area contributed by atoms with E-state index in [1.807, 2.05) is 45.0 Å². The Kier molecular flexibility index (Phi) is 10.3. The van der Waals surface area contributed by atoms with E-state index < -0.39 is 6.04 Å². The van der Waals surface area contributed by atoms with Crippen LogP contribution in [0.3, 0.4) is 0 Å². The van der Waals surface area contributed by atoms with Crippen molar-refractivity contribution in [3.63, 3.8) is 0 Å². The Bertz CT molecular complexity index is 907. The van der Waals surface area contributed by atoms with Gasteiger partial charge < -0.3 is 19.7 Å². The van der Waals surface area contributed by atoms with Gasteiger partial charge in [0.1, 0.15) is 17.5 Å². The van der Waals surface area contributed by atoms with Crippen LogP contribution in [0.1, 0.15) is 39.2 Å². The predicted molar refractivity (Wildman–Crippen MR) is 130 cm³/mol. The maximum Gasteiger partial charge on any atom is 0.261 e. The van der Waals surface area contributed by atoms with Crippen molar-refractivity contribution < 1.29 is 19.1 Å². The van der Waals surface area contributed by atoms with Gasteiger partial charge in [-0.25, -0.2) is 0 Å². The highest BCUT2D eigenvalue weighted by Gasteiger charge is 2.29. The van der Waals surface area contributed by atoms with Gasteiger partial charge in [0, 0.05) is 17.1 Å². The minimum absolute atomic E-state index is 0.0207. The van der Waals surface area contributed by atoms with E-state index in [0.717, 1.165) is 22.2 Å². The molecule has 0 bridgehead atoms. The van der Waals surface area contributed by atoms with E-state index in [1.54, 1.807) is 30.2 Å². The number of nitrogens with zero attached hydrogens (tertiary/aromatic N) is 1. The van der Waals surface area contributed by atoms with Gasteiger partial charge in [0.15, 0.2) is 6.61 Å². The first-order valence-corrected chi connectivity index (χ1v) is 11.8. The van der Waals surface area contributed by atoms with Crippen LogP contribution in [0.4, 0.5) is 0 Å². The minimum Gasteiger partial charge on any atom is -0.497 e. The number of halogens is 2. The quantitative estimate of drug-likeness (QED) is 0.437. The second kappa shape index (κ2) is 12.7. The number of nitrogens with one attached hydrogen (secondary N) is 1. The molecule has 2 amide bonds. The molecule has 0 saturated heterocycles. The van der Waals surface area contributed by atoms with Crippen LogP contribution in [0.25, 0.3) is 0 Å². The highest BCUT2D eigenvalue weighted by Crippen LogP contribution is 2.28. The number of ether oxygens (including phenoxy) is 2. The lowest BCUT2D eigenvalue weighted by atomic mass is 10.1. The SMILES string of the molecule is CC[C@@H](C)NC(=O)[C@H](CC)N(Cc1ccc(OC)cc1)C(=O)COc1ccc(Br)cc1Cl. The second-order valence-electron chi connectivity index (χ2n) is 7.48. The molecular weight excluding hydrogens is 496 g/mol. The zero-order chi connectivity index (χ0) is 23.7. The molecule has 32 heavy (non-hydrogen) atoms. The Morgan fingerprint density at radius 3 is 2.38 bits per heavy atom. The summed E-state index contributed by atoms with van der Waals surface area (Å²) in [6.45, 7) is 5.87. The second-order valence-corrected chi connectivity index (χ2v) is 8.80. The van der Waals surface area contributed by atoms with E-state index in [2.05, 4.69) is 21.2 Å². The third-order valence-corrected chi connectivity index (χ3v) is 5.93. The lowest BCUT2D eigenvalue weighted by molar-refractivity contribution is -0.143. The summed E-state index contributed by atoms with van der Waals surface area (Å²) in [4.78, 5) is 27.7. The molecule has 2 aromatic rings. The van der Waals surface area contributed by atoms with Gasteiger partial charge in [0.2, 0.25) is 5.91 Å². The maximum absolute atomic E-state index is 13.2. The van der Waals surface area contributed by atoms with Gasteiger partial charge in [0.25, 0.3) is 5.91 Å². The summed E-state index contributed by atoms with van der Waals surface area (Å²) in [6.07, 6.45) is 1.28. The van der Waals surface area contributed by atoms with Gasteiger partial charge in [-0.3, -0.25) is 9.59 Å². The summed E-state index contributed by atoms with van der Waals surface area (Å²) < 4.78 is 11.7. The largest absolute Gasteiger partial charge is 0.497 e. The van der Waals surface area contributed by atoms with Crippen molar-refractivity contribution in [2.45, 2.75) is 52.2 Å². The van der Waals surface area contributed by atoms with Crippen molar-refractivity contribution in [3.05, 3.63) is 57.5 Å². The van der Waals surface area contributed by atoms with Crippen LogP contribution in [-0.2, 0) is 16.1 Å². The summed E-state index contributed by atoms with van der Waals surface area (Å²) in [7, 11) is 1.60.